The number of hydrogen-bond donors (Lipinski definition) is 1. The van der Waals surface area contributed by atoms with Crippen LogP contribution in [0.5, 0.6) is 0 Å². The molecule has 2 N–H and O–H groups in total. The van der Waals surface area contributed by atoms with Crippen molar-refractivity contribution in [2.75, 3.05) is 26.7 Å². The molecule has 19 heavy (non-hydrogen) atoms. The molecule has 0 bridgehead atoms. The first kappa shape index (κ1) is 16.9. The van der Waals surface area contributed by atoms with E-state index in [1.165, 1.54) is 12.8 Å². The number of likely N-dealkylation sites (tertiary alicyclic amines) is 1. The van der Waals surface area contributed by atoms with Gasteiger partial charge in [0.2, 0.25) is 0 Å². The molecule has 0 aromatic heterocycles. The second-order valence-electron chi connectivity index (χ2n) is 7.05. The number of hydrogen-bond acceptors (Lipinski definition) is 3. The number of ether oxygens (including phenoxy) is 1. The highest BCUT2D eigenvalue weighted by atomic mass is 16.5. The Kier molecular flexibility index (Phi) is 6.78. The summed E-state index contributed by atoms with van der Waals surface area (Å²) >= 11 is 0. The first-order chi connectivity index (χ1) is 8.93. The molecule has 1 saturated heterocycles. The van der Waals surface area contributed by atoms with E-state index in [-0.39, 0.29) is 5.54 Å². The molecule has 3 nitrogen and oxygen atoms in total. The van der Waals surface area contributed by atoms with E-state index in [0.717, 1.165) is 32.5 Å². The van der Waals surface area contributed by atoms with Gasteiger partial charge in [0.05, 0.1) is 6.10 Å². The lowest BCUT2D eigenvalue weighted by atomic mass is 9.79. The topological polar surface area (TPSA) is 38.5 Å². The summed E-state index contributed by atoms with van der Waals surface area (Å²) in [4.78, 5) is 2.66. The largest absolute Gasteiger partial charge is 0.381 e. The summed E-state index contributed by atoms with van der Waals surface area (Å²) < 4.78 is 5.49. The van der Waals surface area contributed by atoms with Gasteiger partial charge < -0.3 is 10.5 Å². The fourth-order valence-electron chi connectivity index (χ4n) is 3.72. The molecule has 114 valence electrons. The highest BCUT2D eigenvalue weighted by Crippen LogP contribution is 2.33. The summed E-state index contributed by atoms with van der Waals surface area (Å²) in [7, 11) is 1.83. The third-order valence-corrected chi connectivity index (χ3v) is 4.40. The maximum absolute atomic E-state index is 6.23. The second kappa shape index (κ2) is 7.61. The van der Waals surface area contributed by atoms with Crippen LogP contribution in [0.4, 0.5) is 0 Å². The Morgan fingerprint density at radius 3 is 1.89 bits per heavy atom. The summed E-state index contributed by atoms with van der Waals surface area (Å²) in [5, 5.41) is 0. The van der Waals surface area contributed by atoms with E-state index in [9.17, 15) is 0 Å². The maximum Gasteiger partial charge on any atom is 0.0595 e. The van der Waals surface area contributed by atoms with Gasteiger partial charge in [-0.2, -0.15) is 0 Å². The van der Waals surface area contributed by atoms with E-state index >= 15 is 0 Å². The van der Waals surface area contributed by atoms with Gasteiger partial charge in [0.1, 0.15) is 0 Å². The number of rotatable bonds is 7. The van der Waals surface area contributed by atoms with Crippen molar-refractivity contribution in [2.45, 2.75) is 65.0 Å². The molecule has 1 fully saturated rings. The molecule has 1 aliphatic rings. The molecule has 3 heteroatoms. The Hall–Kier alpha value is -0.120. The van der Waals surface area contributed by atoms with Crippen LogP contribution in [0.3, 0.4) is 0 Å². The van der Waals surface area contributed by atoms with E-state index in [1.54, 1.807) is 0 Å². The summed E-state index contributed by atoms with van der Waals surface area (Å²) in [6.07, 6.45) is 5.16. The van der Waals surface area contributed by atoms with Crippen LogP contribution in [0.2, 0.25) is 0 Å². The van der Waals surface area contributed by atoms with Crippen molar-refractivity contribution in [2.24, 2.45) is 17.6 Å². The van der Waals surface area contributed by atoms with E-state index < -0.39 is 0 Å². The molecule has 1 heterocycles. The number of nitrogens with two attached hydrogens (primary N) is 1. The highest BCUT2D eigenvalue weighted by Gasteiger charge is 2.38. The Morgan fingerprint density at radius 1 is 1.11 bits per heavy atom. The molecule has 0 atom stereocenters. The lowest BCUT2D eigenvalue weighted by Gasteiger charge is -2.48. The molecule has 1 rings (SSSR count). The van der Waals surface area contributed by atoms with Crippen LogP contribution in [0, 0.1) is 11.8 Å². The van der Waals surface area contributed by atoms with Gasteiger partial charge >= 0.3 is 0 Å². The third-order valence-electron chi connectivity index (χ3n) is 4.40. The molecule has 1 aliphatic heterocycles. The first-order valence-corrected chi connectivity index (χ1v) is 7.91. The van der Waals surface area contributed by atoms with E-state index in [2.05, 4.69) is 32.6 Å². The van der Waals surface area contributed by atoms with Gasteiger partial charge in [-0.3, -0.25) is 4.90 Å². The molecule has 0 radical (unpaired) electrons. The van der Waals surface area contributed by atoms with Crippen LogP contribution in [-0.4, -0.2) is 43.3 Å². The standard InChI is InChI=1S/C16H34N2O/c1-13(2)10-16(12-17,11-14(3)4)18-8-6-15(19-5)7-9-18/h13-15H,6-12,17H2,1-5H3. The normalized spacial score (nSPS) is 19.6. The van der Waals surface area contributed by atoms with Gasteiger partial charge in [-0.15, -0.1) is 0 Å². The van der Waals surface area contributed by atoms with E-state index in [1.807, 2.05) is 7.11 Å². The molecule has 0 aromatic carbocycles. The number of piperidine rings is 1. The van der Waals surface area contributed by atoms with Crippen molar-refractivity contribution in [1.82, 2.24) is 4.90 Å². The Morgan fingerprint density at radius 2 is 1.58 bits per heavy atom. The molecular weight excluding hydrogens is 236 g/mol. The predicted molar refractivity (Wildman–Crippen MR) is 82.3 cm³/mol. The quantitative estimate of drug-likeness (QED) is 0.773. The van der Waals surface area contributed by atoms with E-state index in [4.69, 9.17) is 10.5 Å². The Labute approximate surface area is 119 Å². The molecule has 0 spiro atoms. The minimum Gasteiger partial charge on any atom is -0.381 e. The van der Waals surface area contributed by atoms with Crippen molar-refractivity contribution < 1.29 is 4.74 Å². The van der Waals surface area contributed by atoms with Crippen LogP contribution < -0.4 is 5.73 Å². The van der Waals surface area contributed by atoms with Crippen LogP contribution in [0.25, 0.3) is 0 Å². The number of methoxy groups -OCH3 is 1. The molecule has 0 aromatic rings. The fraction of sp³-hybridized carbons (Fsp3) is 1.00. The second-order valence-corrected chi connectivity index (χ2v) is 7.05. The minimum atomic E-state index is 0.195. The first-order valence-electron chi connectivity index (χ1n) is 7.91. The van der Waals surface area contributed by atoms with Gasteiger partial charge in [0, 0.05) is 32.3 Å². The maximum atomic E-state index is 6.23. The van der Waals surface area contributed by atoms with Crippen molar-refractivity contribution in [3.8, 4) is 0 Å². The third kappa shape index (κ3) is 4.73. The predicted octanol–water partition coefficient (Wildman–Crippen LogP) is 2.89. The van der Waals surface area contributed by atoms with Crippen LogP contribution in [0.15, 0.2) is 0 Å². The zero-order chi connectivity index (χ0) is 14.5. The van der Waals surface area contributed by atoms with Crippen LogP contribution in [-0.2, 0) is 4.74 Å². The van der Waals surface area contributed by atoms with Gasteiger partial charge in [-0.1, -0.05) is 27.7 Å². The number of nitrogens with zero attached hydrogens (tertiary/aromatic N) is 1. The summed E-state index contributed by atoms with van der Waals surface area (Å²) in [6, 6.07) is 0. The SMILES string of the molecule is COC1CCN(C(CN)(CC(C)C)CC(C)C)CC1. The van der Waals surface area contributed by atoms with E-state index in [0.29, 0.717) is 17.9 Å². The molecule has 0 amide bonds. The monoisotopic (exact) mass is 270 g/mol. The molecule has 0 aliphatic carbocycles. The minimum absolute atomic E-state index is 0.195. The summed E-state index contributed by atoms with van der Waals surface area (Å²) in [5.74, 6) is 1.39. The summed E-state index contributed by atoms with van der Waals surface area (Å²) in [6.45, 7) is 12.3. The molecular formula is C16H34N2O. The lowest BCUT2D eigenvalue weighted by Crippen LogP contribution is -2.58. The smallest absolute Gasteiger partial charge is 0.0595 e. The van der Waals surface area contributed by atoms with Gasteiger partial charge in [-0.05, 0) is 37.5 Å². The summed E-state index contributed by atoms with van der Waals surface area (Å²) in [5.41, 5.74) is 6.42. The lowest BCUT2D eigenvalue weighted by molar-refractivity contribution is -0.0172. The average Bonchev–Trinajstić information content (AvgIpc) is 2.36. The van der Waals surface area contributed by atoms with Gasteiger partial charge in [-0.25, -0.2) is 0 Å². The van der Waals surface area contributed by atoms with Crippen LogP contribution in [0.1, 0.15) is 53.4 Å². The highest BCUT2D eigenvalue weighted by molar-refractivity contribution is 4.95. The molecule has 0 unspecified atom stereocenters. The zero-order valence-corrected chi connectivity index (χ0v) is 13.6. The van der Waals surface area contributed by atoms with Crippen molar-refractivity contribution in [3.05, 3.63) is 0 Å². The van der Waals surface area contributed by atoms with Crippen molar-refractivity contribution in [3.63, 3.8) is 0 Å². The fourth-order valence-corrected chi connectivity index (χ4v) is 3.72. The Balaban J connectivity index is 2.77. The van der Waals surface area contributed by atoms with Crippen LogP contribution >= 0.6 is 0 Å². The zero-order valence-electron chi connectivity index (χ0n) is 13.6. The van der Waals surface area contributed by atoms with Gasteiger partial charge in [0.15, 0.2) is 0 Å². The van der Waals surface area contributed by atoms with Crippen molar-refractivity contribution >= 4 is 0 Å². The van der Waals surface area contributed by atoms with Gasteiger partial charge in [0.25, 0.3) is 0 Å². The average molecular weight is 270 g/mol. The van der Waals surface area contributed by atoms with Crippen molar-refractivity contribution in [1.29, 1.82) is 0 Å². The Bertz CT molecular complexity index is 235. The molecule has 0 saturated carbocycles.